The summed E-state index contributed by atoms with van der Waals surface area (Å²) in [6.07, 6.45) is 0. The minimum absolute atomic E-state index is 0.0830. The van der Waals surface area contributed by atoms with Crippen LogP contribution in [0.1, 0.15) is 11.1 Å². The molecule has 0 radical (unpaired) electrons. The fraction of sp³-hybridized carbons (Fsp3) is 0.188. The highest BCUT2D eigenvalue weighted by Crippen LogP contribution is 2.22. The minimum Gasteiger partial charge on any atom is -0.484 e. The lowest BCUT2D eigenvalue weighted by molar-refractivity contribution is -0.118. The molecule has 2 aromatic rings. The lowest BCUT2D eigenvalue weighted by Gasteiger charge is -2.09. The van der Waals surface area contributed by atoms with Gasteiger partial charge in [0.05, 0.1) is 6.61 Å². The normalized spacial score (nSPS) is 10.2. The van der Waals surface area contributed by atoms with E-state index in [0.29, 0.717) is 11.3 Å². The molecule has 4 nitrogen and oxygen atoms in total. The number of hydrogen-bond acceptors (Lipinski definition) is 3. The largest absolute Gasteiger partial charge is 0.484 e. The number of nitrogens with one attached hydrogen (secondary N) is 1. The number of ether oxygens (including phenoxy) is 1. The van der Waals surface area contributed by atoms with E-state index in [2.05, 4.69) is 21.2 Å². The Morgan fingerprint density at radius 2 is 1.95 bits per heavy atom. The maximum absolute atomic E-state index is 11.8. The monoisotopic (exact) mass is 349 g/mol. The number of amides is 1. The summed E-state index contributed by atoms with van der Waals surface area (Å²) in [5.41, 5.74) is 2.59. The second-order valence-electron chi connectivity index (χ2n) is 4.61. The standard InChI is InChI=1S/C16H16BrNO3/c1-11-2-4-13(5-3-11)18-16(20)10-21-14-6-7-15(17)12(8-14)9-19/h2-8,19H,9-10H2,1H3,(H,18,20). The summed E-state index contributed by atoms with van der Waals surface area (Å²) in [4.78, 5) is 11.8. The Morgan fingerprint density at radius 3 is 2.62 bits per heavy atom. The number of hydrogen-bond donors (Lipinski definition) is 2. The van der Waals surface area contributed by atoms with Gasteiger partial charge in [0.25, 0.3) is 5.91 Å². The zero-order valence-electron chi connectivity index (χ0n) is 11.6. The highest BCUT2D eigenvalue weighted by molar-refractivity contribution is 9.10. The Balaban J connectivity index is 1.90. The molecule has 0 unspecified atom stereocenters. The summed E-state index contributed by atoms with van der Waals surface area (Å²) >= 11 is 3.33. The van der Waals surface area contributed by atoms with Gasteiger partial charge < -0.3 is 15.2 Å². The molecule has 0 bridgehead atoms. The predicted molar refractivity (Wildman–Crippen MR) is 85.4 cm³/mol. The lowest BCUT2D eigenvalue weighted by Crippen LogP contribution is -2.20. The van der Waals surface area contributed by atoms with Crippen molar-refractivity contribution in [2.45, 2.75) is 13.5 Å². The van der Waals surface area contributed by atoms with E-state index in [9.17, 15) is 9.90 Å². The SMILES string of the molecule is Cc1ccc(NC(=O)COc2ccc(Br)c(CO)c2)cc1. The van der Waals surface area contributed by atoms with Crippen LogP contribution >= 0.6 is 15.9 Å². The Bertz CT molecular complexity index is 626. The zero-order valence-corrected chi connectivity index (χ0v) is 13.2. The Morgan fingerprint density at radius 1 is 1.24 bits per heavy atom. The Labute approximate surface area is 131 Å². The molecule has 0 saturated heterocycles. The third kappa shape index (κ3) is 4.58. The highest BCUT2D eigenvalue weighted by atomic mass is 79.9. The number of aliphatic hydroxyl groups excluding tert-OH is 1. The summed E-state index contributed by atoms with van der Waals surface area (Å²) < 4.78 is 6.22. The number of halogens is 1. The van der Waals surface area contributed by atoms with Crippen LogP contribution in [0, 0.1) is 6.92 Å². The molecule has 1 amide bonds. The van der Waals surface area contributed by atoms with Gasteiger partial charge in [0.2, 0.25) is 0 Å². The van der Waals surface area contributed by atoms with E-state index < -0.39 is 0 Å². The number of benzene rings is 2. The zero-order chi connectivity index (χ0) is 15.2. The quantitative estimate of drug-likeness (QED) is 0.870. The van der Waals surface area contributed by atoms with Gasteiger partial charge in [0, 0.05) is 10.2 Å². The second-order valence-corrected chi connectivity index (χ2v) is 5.47. The van der Waals surface area contributed by atoms with Crippen molar-refractivity contribution in [3.05, 3.63) is 58.1 Å². The molecule has 0 atom stereocenters. The van der Waals surface area contributed by atoms with E-state index in [0.717, 1.165) is 15.7 Å². The summed E-state index contributed by atoms with van der Waals surface area (Å²) in [5.74, 6) is 0.314. The molecule has 2 aromatic carbocycles. The van der Waals surface area contributed by atoms with Gasteiger partial charge in [0.15, 0.2) is 6.61 Å². The van der Waals surface area contributed by atoms with Crippen molar-refractivity contribution in [3.8, 4) is 5.75 Å². The predicted octanol–water partition coefficient (Wildman–Crippen LogP) is 3.27. The molecule has 0 saturated carbocycles. The van der Waals surface area contributed by atoms with Crippen molar-refractivity contribution in [1.82, 2.24) is 0 Å². The average Bonchev–Trinajstić information content (AvgIpc) is 2.49. The van der Waals surface area contributed by atoms with Crippen molar-refractivity contribution < 1.29 is 14.6 Å². The van der Waals surface area contributed by atoms with Gasteiger partial charge in [-0.15, -0.1) is 0 Å². The molecule has 0 aromatic heterocycles. The molecule has 5 heteroatoms. The van der Waals surface area contributed by atoms with Crippen molar-refractivity contribution >= 4 is 27.5 Å². The summed E-state index contributed by atoms with van der Waals surface area (Å²) in [7, 11) is 0. The van der Waals surface area contributed by atoms with Crippen LogP contribution in [-0.2, 0) is 11.4 Å². The van der Waals surface area contributed by atoms with Crippen LogP contribution in [0.2, 0.25) is 0 Å². The number of aryl methyl sites for hydroxylation is 1. The van der Waals surface area contributed by atoms with Crippen molar-refractivity contribution in [3.63, 3.8) is 0 Å². The number of carbonyl (C=O) groups excluding carboxylic acids is 1. The van der Waals surface area contributed by atoms with Gasteiger partial charge in [-0.1, -0.05) is 33.6 Å². The number of rotatable bonds is 5. The van der Waals surface area contributed by atoms with Crippen molar-refractivity contribution in [1.29, 1.82) is 0 Å². The van der Waals surface area contributed by atoms with E-state index in [1.807, 2.05) is 31.2 Å². The highest BCUT2D eigenvalue weighted by Gasteiger charge is 2.06. The molecule has 2 rings (SSSR count). The van der Waals surface area contributed by atoms with E-state index in [-0.39, 0.29) is 19.1 Å². The van der Waals surface area contributed by atoms with Crippen LogP contribution in [-0.4, -0.2) is 17.6 Å². The van der Waals surface area contributed by atoms with Crippen LogP contribution in [0.3, 0.4) is 0 Å². The molecule has 0 spiro atoms. The van der Waals surface area contributed by atoms with E-state index in [1.165, 1.54) is 0 Å². The van der Waals surface area contributed by atoms with Crippen LogP contribution in [0.4, 0.5) is 5.69 Å². The summed E-state index contributed by atoms with van der Waals surface area (Å²) in [5, 5.41) is 11.9. The number of carbonyl (C=O) groups is 1. The van der Waals surface area contributed by atoms with Crippen molar-refractivity contribution in [2.24, 2.45) is 0 Å². The molecule has 0 aliphatic rings. The van der Waals surface area contributed by atoms with Gasteiger partial charge in [-0.05, 0) is 42.8 Å². The summed E-state index contributed by atoms with van der Waals surface area (Å²) in [6.45, 7) is 1.81. The number of anilines is 1. The number of aliphatic hydroxyl groups is 1. The van der Waals surface area contributed by atoms with Crippen LogP contribution in [0.15, 0.2) is 46.9 Å². The molecule has 0 aliphatic carbocycles. The lowest BCUT2D eigenvalue weighted by atomic mass is 10.2. The Kier molecular flexibility index (Phi) is 5.36. The van der Waals surface area contributed by atoms with Crippen LogP contribution in [0.25, 0.3) is 0 Å². The molecule has 0 fully saturated rings. The smallest absolute Gasteiger partial charge is 0.262 e. The molecule has 2 N–H and O–H groups in total. The fourth-order valence-electron chi connectivity index (χ4n) is 1.74. The first-order valence-electron chi connectivity index (χ1n) is 6.47. The molecule has 21 heavy (non-hydrogen) atoms. The first-order chi connectivity index (χ1) is 10.1. The molecule has 0 aliphatic heterocycles. The third-order valence-corrected chi connectivity index (χ3v) is 3.67. The average molecular weight is 350 g/mol. The third-order valence-electron chi connectivity index (χ3n) is 2.89. The minimum atomic E-state index is -0.229. The molecular weight excluding hydrogens is 334 g/mol. The van der Waals surface area contributed by atoms with E-state index in [1.54, 1.807) is 18.2 Å². The van der Waals surface area contributed by atoms with E-state index >= 15 is 0 Å². The molecule has 110 valence electrons. The fourth-order valence-corrected chi connectivity index (χ4v) is 2.12. The van der Waals surface area contributed by atoms with E-state index in [4.69, 9.17) is 4.74 Å². The Hall–Kier alpha value is -1.85. The van der Waals surface area contributed by atoms with Gasteiger partial charge in [-0.3, -0.25) is 4.79 Å². The molecule has 0 heterocycles. The van der Waals surface area contributed by atoms with Gasteiger partial charge in [-0.25, -0.2) is 0 Å². The van der Waals surface area contributed by atoms with Gasteiger partial charge in [-0.2, -0.15) is 0 Å². The van der Waals surface area contributed by atoms with Crippen LogP contribution < -0.4 is 10.1 Å². The first kappa shape index (κ1) is 15.5. The topological polar surface area (TPSA) is 58.6 Å². The first-order valence-corrected chi connectivity index (χ1v) is 7.26. The second kappa shape index (κ2) is 7.24. The maximum atomic E-state index is 11.8. The van der Waals surface area contributed by atoms with Crippen molar-refractivity contribution in [2.75, 3.05) is 11.9 Å². The molecular formula is C16H16BrNO3. The van der Waals surface area contributed by atoms with Gasteiger partial charge in [0.1, 0.15) is 5.75 Å². The summed E-state index contributed by atoms with van der Waals surface area (Å²) in [6, 6.07) is 12.8. The van der Waals surface area contributed by atoms with Crippen LogP contribution in [0.5, 0.6) is 5.75 Å². The maximum Gasteiger partial charge on any atom is 0.262 e. The van der Waals surface area contributed by atoms with Gasteiger partial charge >= 0.3 is 0 Å².